The van der Waals surface area contributed by atoms with Gasteiger partial charge < -0.3 is 30.7 Å². The number of hydrogen-bond acceptors (Lipinski definition) is 6. The fourth-order valence-electron chi connectivity index (χ4n) is 1.41. The maximum atomic E-state index is 11.0. The van der Waals surface area contributed by atoms with Crippen molar-refractivity contribution in [2.75, 3.05) is 0 Å². The van der Waals surface area contributed by atoms with Crippen LogP contribution in [0.25, 0.3) is 0 Å². The zero-order valence-corrected chi connectivity index (χ0v) is 10.4. The molecule has 0 aromatic rings. The molecule has 9 nitrogen and oxygen atoms in total. The number of carboxylic acid groups (broad SMARTS) is 1. The Morgan fingerprint density at radius 3 is 1.84 bits per heavy atom. The Morgan fingerprint density at radius 1 is 1.05 bits per heavy atom. The predicted octanol–water partition coefficient (Wildman–Crippen LogP) is -3.00. The molecule has 0 fully saturated rings. The molecule has 2 amide bonds. The zero-order chi connectivity index (χ0) is 15.2. The largest absolute Gasteiger partial charge is 0.479 e. The molecule has 19 heavy (non-hydrogen) atoms. The molecule has 4 atom stereocenters. The van der Waals surface area contributed by atoms with Crippen molar-refractivity contribution in [3.8, 4) is 0 Å². The molecule has 0 aromatic heterocycles. The Kier molecular flexibility index (Phi) is 6.66. The highest BCUT2D eigenvalue weighted by atomic mass is 16.4. The number of aliphatic hydroxyl groups excluding tert-OH is 2. The lowest BCUT2D eigenvalue weighted by molar-refractivity contribution is -0.155. The van der Waals surface area contributed by atoms with Crippen molar-refractivity contribution in [3.05, 3.63) is 0 Å². The maximum absolute atomic E-state index is 11.0. The molecule has 0 bridgehead atoms. The summed E-state index contributed by atoms with van der Waals surface area (Å²) in [5, 5.41) is 31.7. The number of amides is 2. The minimum atomic E-state index is -2.21. The molecule has 0 rings (SSSR count). The van der Waals surface area contributed by atoms with E-state index in [9.17, 15) is 29.4 Å². The van der Waals surface area contributed by atoms with E-state index in [-0.39, 0.29) is 6.29 Å². The third-order valence-electron chi connectivity index (χ3n) is 2.22. The monoisotopic (exact) mass is 276 g/mol. The summed E-state index contributed by atoms with van der Waals surface area (Å²) in [6.07, 6.45) is -3.96. The first-order valence-electron chi connectivity index (χ1n) is 5.29. The fourth-order valence-corrected chi connectivity index (χ4v) is 1.41. The second-order valence-corrected chi connectivity index (χ2v) is 3.86. The molecule has 0 aliphatic heterocycles. The molecular formula is C10H16N2O7. The summed E-state index contributed by atoms with van der Waals surface area (Å²) in [6.45, 7) is 2.17. The number of hydrogen-bond donors (Lipinski definition) is 5. The third kappa shape index (κ3) is 5.44. The first-order valence-corrected chi connectivity index (χ1v) is 5.29. The van der Waals surface area contributed by atoms with Gasteiger partial charge in [0.15, 0.2) is 6.10 Å². The molecule has 0 aromatic carbocycles. The van der Waals surface area contributed by atoms with E-state index in [2.05, 4.69) is 10.6 Å². The summed E-state index contributed by atoms with van der Waals surface area (Å²) in [6, 6.07) is -2.84. The molecule has 5 N–H and O–H groups in total. The van der Waals surface area contributed by atoms with Gasteiger partial charge in [-0.3, -0.25) is 9.59 Å². The first-order chi connectivity index (χ1) is 8.70. The van der Waals surface area contributed by atoms with E-state index in [1.54, 1.807) is 0 Å². The van der Waals surface area contributed by atoms with Gasteiger partial charge in [-0.15, -0.1) is 0 Å². The Balaban J connectivity index is 5.16. The normalized spacial score (nSPS) is 16.6. The van der Waals surface area contributed by atoms with Crippen LogP contribution in [0.2, 0.25) is 0 Å². The summed E-state index contributed by atoms with van der Waals surface area (Å²) < 4.78 is 0. The van der Waals surface area contributed by atoms with Crippen molar-refractivity contribution in [3.63, 3.8) is 0 Å². The molecule has 0 saturated heterocycles. The van der Waals surface area contributed by atoms with Crippen LogP contribution < -0.4 is 10.6 Å². The van der Waals surface area contributed by atoms with Crippen LogP contribution in [0.4, 0.5) is 0 Å². The van der Waals surface area contributed by atoms with Gasteiger partial charge in [-0.25, -0.2) is 4.79 Å². The predicted molar refractivity (Wildman–Crippen MR) is 60.9 cm³/mol. The van der Waals surface area contributed by atoms with Gasteiger partial charge in [-0.05, 0) is 0 Å². The summed E-state index contributed by atoms with van der Waals surface area (Å²) in [5.41, 5.74) is 0. The number of aldehydes is 1. The summed E-state index contributed by atoms with van der Waals surface area (Å²) in [4.78, 5) is 43.3. The number of carboxylic acids is 1. The van der Waals surface area contributed by atoms with Crippen LogP contribution in [0.15, 0.2) is 0 Å². The lowest BCUT2D eigenvalue weighted by Gasteiger charge is -2.29. The van der Waals surface area contributed by atoms with Crippen molar-refractivity contribution in [1.29, 1.82) is 0 Å². The van der Waals surface area contributed by atoms with Gasteiger partial charge in [0.1, 0.15) is 18.4 Å². The SMILES string of the molecule is CC(=O)N[C@H]([C@H](O)[C@@H](O)C(=O)O)[C@@H](C=O)NC(C)=O. The number of carbonyl (C=O) groups is 4. The number of aliphatic hydroxyl groups is 2. The van der Waals surface area contributed by atoms with Crippen LogP contribution in [-0.4, -0.2) is 63.7 Å². The van der Waals surface area contributed by atoms with Crippen molar-refractivity contribution in [1.82, 2.24) is 10.6 Å². The van der Waals surface area contributed by atoms with Gasteiger partial charge in [-0.2, -0.15) is 0 Å². The molecule has 0 spiro atoms. The summed E-state index contributed by atoms with van der Waals surface area (Å²) in [5.74, 6) is -3.02. The van der Waals surface area contributed by atoms with E-state index in [1.165, 1.54) is 0 Å². The van der Waals surface area contributed by atoms with E-state index in [4.69, 9.17) is 5.11 Å². The smallest absolute Gasteiger partial charge is 0.335 e. The van der Waals surface area contributed by atoms with Crippen molar-refractivity contribution in [2.24, 2.45) is 0 Å². The third-order valence-corrected chi connectivity index (χ3v) is 2.22. The standard InChI is InChI=1S/C10H16N2O7/c1-4(14)11-6(3-13)7(12-5(2)15)8(16)9(17)10(18)19/h3,6-9,16-17H,1-2H3,(H,11,14)(H,12,15)(H,18,19)/t6-,7+,8+,9-/m1/s1. The van der Waals surface area contributed by atoms with Crippen molar-refractivity contribution >= 4 is 24.1 Å². The topological polar surface area (TPSA) is 153 Å². The van der Waals surface area contributed by atoms with Crippen LogP contribution in [0.3, 0.4) is 0 Å². The van der Waals surface area contributed by atoms with Crippen LogP contribution in [0, 0.1) is 0 Å². The highest BCUT2D eigenvalue weighted by Gasteiger charge is 2.37. The molecular weight excluding hydrogens is 260 g/mol. The van der Waals surface area contributed by atoms with Crippen LogP contribution in [0.5, 0.6) is 0 Å². The molecule has 0 saturated carbocycles. The van der Waals surface area contributed by atoms with Crippen LogP contribution >= 0.6 is 0 Å². The molecule has 0 aliphatic carbocycles. The van der Waals surface area contributed by atoms with Gasteiger partial charge in [0, 0.05) is 13.8 Å². The Hall–Kier alpha value is -2.00. The van der Waals surface area contributed by atoms with E-state index >= 15 is 0 Å². The molecule has 9 heteroatoms. The molecule has 0 aliphatic rings. The zero-order valence-electron chi connectivity index (χ0n) is 10.4. The Bertz CT molecular complexity index is 371. The first kappa shape index (κ1) is 17.0. The van der Waals surface area contributed by atoms with Crippen molar-refractivity contribution in [2.45, 2.75) is 38.1 Å². The second kappa shape index (κ2) is 7.44. The van der Waals surface area contributed by atoms with Gasteiger partial charge >= 0.3 is 5.97 Å². The molecule has 0 radical (unpaired) electrons. The quantitative estimate of drug-likeness (QED) is 0.310. The van der Waals surface area contributed by atoms with Crippen molar-refractivity contribution < 1.29 is 34.5 Å². The maximum Gasteiger partial charge on any atom is 0.335 e. The molecule has 108 valence electrons. The minimum absolute atomic E-state index is 0.222. The summed E-state index contributed by atoms with van der Waals surface area (Å²) in [7, 11) is 0. The highest BCUT2D eigenvalue weighted by Crippen LogP contribution is 2.05. The van der Waals surface area contributed by atoms with Crippen LogP contribution in [-0.2, 0) is 19.2 Å². The van der Waals surface area contributed by atoms with E-state index in [1.807, 2.05) is 0 Å². The lowest BCUT2D eigenvalue weighted by atomic mass is 9.98. The average Bonchev–Trinajstić information content (AvgIpc) is 2.30. The Morgan fingerprint density at radius 2 is 1.53 bits per heavy atom. The van der Waals surface area contributed by atoms with Gasteiger partial charge in [-0.1, -0.05) is 0 Å². The fraction of sp³-hybridized carbons (Fsp3) is 0.600. The number of aliphatic carboxylic acids is 1. The average molecular weight is 276 g/mol. The Labute approximate surface area is 108 Å². The van der Waals surface area contributed by atoms with Crippen LogP contribution in [0.1, 0.15) is 13.8 Å². The van der Waals surface area contributed by atoms with Gasteiger partial charge in [0.05, 0.1) is 6.04 Å². The lowest BCUT2D eigenvalue weighted by Crippen LogP contribution is -2.61. The van der Waals surface area contributed by atoms with Gasteiger partial charge in [0.25, 0.3) is 0 Å². The second-order valence-electron chi connectivity index (χ2n) is 3.86. The van der Waals surface area contributed by atoms with E-state index in [0.717, 1.165) is 13.8 Å². The molecule has 0 heterocycles. The summed E-state index contributed by atoms with van der Waals surface area (Å²) >= 11 is 0. The van der Waals surface area contributed by atoms with E-state index in [0.29, 0.717) is 0 Å². The number of carbonyl (C=O) groups excluding carboxylic acids is 3. The van der Waals surface area contributed by atoms with Gasteiger partial charge in [0.2, 0.25) is 11.8 Å². The molecule has 0 unspecified atom stereocenters. The van der Waals surface area contributed by atoms with E-state index < -0.39 is 42.1 Å². The number of nitrogens with one attached hydrogen (secondary N) is 2. The number of rotatable bonds is 7. The minimum Gasteiger partial charge on any atom is -0.479 e. The highest BCUT2D eigenvalue weighted by molar-refractivity contribution is 5.80.